The molecular formula is C8H14N2O2. The molecule has 0 bridgehead atoms. The maximum Gasteiger partial charge on any atom is 0.408 e. The molecule has 0 radical (unpaired) electrons. The third-order valence-electron chi connectivity index (χ3n) is 1.38. The fourth-order valence-electron chi connectivity index (χ4n) is 0.749. The van der Waals surface area contributed by atoms with Crippen LogP contribution in [0.2, 0.25) is 0 Å². The maximum absolute atomic E-state index is 11.0. The highest BCUT2D eigenvalue weighted by atomic mass is 16.6. The molecule has 1 saturated carbocycles. The number of ether oxygens (including phenoxy) is 1. The highest BCUT2D eigenvalue weighted by molar-refractivity contribution is 6.04. The second-order valence-electron chi connectivity index (χ2n) is 3.93. The Morgan fingerprint density at radius 2 is 2.17 bits per heavy atom. The Morgan fingerprint density at radius 3 is 2.50 bits per heavy atom. The molecule has 12 heavy (non-hydrogen) atoms. The van der Waals surface area contributed by atoms with E-state index in [1.807, 2.05) is 20.8 Å². The molecule has 0 aromatic heterocycles. The van der Waals surface area contributed by atoms with Gasteiger partial charge in [-0.2, -0.15) is 0 Å². The molecule has 0 aromatic rings. The lowest BCUT2D eigenvalue weighted by Gasteiger charge is -2.19. The van der Waals surface area contributed by atoms with Crippen LogP contribution in [0, 0.1) is 5.41 Å². The molecule has 68 valence electrons. The van der Waals surface area contributed by atoms with Gasteiger partial charge in [0.2, 0.25) is 0 Å². The van der Waals surface area contributed by atoms with Crippen molar-refractivity contribution in [1.29, 1.82) is 5.41 Å². The highest BCUT2D eigenvalue weighted by Gasteiger charge is 2.32. The Bertz CT molecular complexity index is 218. The van der Waals surface area contributed by atoms with E-state index >= 15 is 0 Å². The quantitative estimate of drug-likeness (QED) is 0.623. The fraction of sp³-hybridized carbons (Fsp3) is 0.750. The number of rotatable bonds is 1. The normalized spacial score (nSPS) is 21.9. The number of nitrogens with one attached hydrogen (secondary N) is 2. The molecular weight excluding hydrogens is 156 g/mol. The minimum Gasteiger partial charge on any atom is -0.444 e. The molecule has 0 saturated heterocycles. The smallest absolute Gasteiger partial charge is 0.408 e. The summed E-state index contributed by atoms with van der Waals surface area (Å²) in [6.07, 6.45) is 0.230. The van der Waals surface area contributed by atoms with E-state index in [9.17, 15) is 4.79 Å². The first-order valence-corrected chi connectivity index (χ1v) is 3.95. The van der Waals surface area contributed by atoms with Gasteiger partial charge in [0.25, 0.3) is 0 Å². The van der Waals surface area contributed by atoms with Gasteiger partial charge in [-0.3, -0.25) is 0 Å². The lowest BCUT2D eigenvalue weighted by atomic mass is 10.2. The van der Waals surface area contributed by atoms with Gasteiger partial charge < -0.3 is 15.5 Å². The summed E-state index contributed by atoms with van der Waals surface area (Å²) in [6, 6.07) is -0.0696. The minimum atomic E-state index is -0.457. The zero-order chi connectivity index (χ0) is 9.35. The van der Waals surface area contributed by atoms with Gasteiger partial charge in [0.15, 0.2) is 0 Å². The monoisotopic (exact) mass is 170 g/mol. The SMILES string of the molecule is CC(C)(C)OC(=O)NC1CC1=N. The van der Waals surface area contributed by atoms with E-state index in [-0.39, 0.29) is 6.04 Å². The zero-order valence-electron chi connectivity index (χ0n) is 7.60. The molecule has 0 aliphatic heterocycles. The molecule has 1 amide bonds. The van der Waals surface area contributed by atoms with E-state index in [1.54, 1.807) is 0 Å². The van der Waals surface area contributed by atoms with E-state index < -0.39 is 11.7 Å². The van der Waals surface area contributed by atoms with Crippen molar-refractivity contribution in [1.82, 2.24) is 5.32 Å². The number of hydrogen-bond acceptors (Lipinski definition) is 3. The molecule has 4 nitrogen and oxygen atoms in total. The first-order chi connectivity index (χ1) is 5.38. The van der Waals surface area contributed by atoms with Gasteiger partial charge in [0, 0.05) is 12.1 Å². The Morgan fingerprint density at radius 1 is 1.67 bits per heavy atom. The Kier molecular flexibility index (Phi) is 2.08. The molecule has 0 spiro atoms. The molecule has 1 aliphatic rings. The molecule has 1 aliphatic carbocycles. The second kappa shape index (κ2) is 2.77. The van der Waals surface area contributed by atoms with Crippen molar-refractivity contribution in [3.63, 3.8) is 0 Å². The molecule has 1 fully saturated rings. The Hall–Kier alpha value is -1.06. The van der Waals surface area contributed by atoms with Crippen LogP contribution in [0.3, 0.4) is 0 Å². The van der Waals surface area contributed by atoms with Crippen molar-refractivity contribution in [2.24, 2.45) is 0 Å². The van der Waals surface area contributed by atoms with E-state index in [0.29, 0.717) is 12.1 Å². The van der Waals surface area contributed by atoms with E-state index in [0.717, 1.165) is 0 Å². The average Bonchev–Trinajstić information content (AvgIpc) is 2.40. The third kappa shape index (κ3) is 2.90. The summed E-state index contributed by atoms with van der Waals surface area (Å²) >= 11 is 0. The average molecular weight is 170 g/mol. The molecule has 0 aromatic carbocycles. The van der Waals surface area contributed by atoms with Crippen molar-refractivity contribution >= 4 is 11.8 Å². The van der Waals surface area contributed by atoms with Crippen LogP contribution in [-0.4, -0.2) is 23.4 Å². The van der Waals surface area contributed by atoms with Crippen molar-refractivity contribution in [2.75, 3.05) is 0 Å². The highest BCUT2D eigenvalue weighted by Crippen LogP contribution is 2.15. The van der Waals surface area contributed by atoms with Gasteiger partial charge in [-0.25, -0.2) is 4.79 Å². The predicted molar refractivity (Wildman–Crippen MR) is 45.5 cm³/mol. The summed E-state index contributed by atoms with van der Waals surface area (Å²) in [5, 5.41) is 9.70. The van der Waals surface area contributed by atoms with Crippen molar-refractivity contribution in [3.05, 3.63) is 0 Å². The standard InChI is InChI=1S/C8H14N2O2/c1-8(2,3)12-7(11)10-6-4-5(6)9/h6,9H,4H2,1-3H3,(H,10,11). The van der Waals surface area contributed by atoms with Gasteiger partial charge in [0.1, 0.15) is 5.60 Å². The van der Waals surface area contributed by atoms with Crippen LogP contribution in [0.1, 0.15) is 27.2 Å². The first kappa shape index (κ1) is 9.03. The van der Waals surface area contributed by atoms with Gasteiger partial charge in [-0.1, -0.05) is 0 Å². The number of amides is 1. The van der Waals surface area contributed by atoms with Gasteiger partial charge >= 0.3 is 6.09 Å². The fourth-order valence-corrected chi connectivity index (χ4v) is 0.749. The second-order valence-corrected chi connectivity index (χ2v) is 3.93. The van der Waals surface area contributed by atoms with E-state index in [2.05, 4.69) is 5.32 Å². The van der Waals surface area contributed by atoms with Crippen LogP contribution in [0.5, 0.6) is 0 Å². The Labute approximate surface area is 71.8 Å². The molecule has 0 heterocycles. The molecule has 1 atom stereocenters. The summed E-state index contributed by atoms with van der Waals surface area (Å²) in [7, 11) is 0. The first-order valence-electron chi connectivity index (χ1n) is 3.95. The lowest BCUT2D eigenvalue weighted by Crippen LogP contribution is -2.34. The summed E-state index contributed by atoms with van der Waals surface area (Å²) in [4.78, 5) is 11.0. The van der Waals surface area contributed by atoms with Gasteiger partial charge in [-0.05, 0) is 20.8 Å². The maximum atomic E-state index is 11.0. The number of hydrogen-bond donors (Lipinski definition) is 2. The van der Waals surface area contributed by atoms with Crippen molar-refractivity contribution in [2.45, 2.75) is 38.8 Å². The van der Waals surface area contributed by atoms with Crippen LogP contribution < -0.4 is 5.32 Å². The molecule has 2 N–H and O–H groups in total. The Balaban J connectivity index is 2.25. The van der Waals surface area contributed by atoms with Crippen LogP contribution >= 0.6 is 0 Å². The topological polar surface area (TPSA) is 62.2 Å². The molecule has 1 rings (SSSR count). The summed E-state index contributed by atoms with van der Waals surface area (Å²) in [5.74, 6) is 0. The molecule has 4 heteroatoms. The van der Waals surface area contributed by atoms with Crippen molar-refractivity contribution in [3.8, 4) is 0 Å². The summed E-state index contributed by atoms with van der Waals surface area (Å²) < 4.78 is 4.99. The predicted octanol–water partition coefficient (Wildman–Crippen LogP) is 1.30. The zero-order valence-corrected chi connectivity index (χ0v) is 7.60. The van der Waals surface area contributed by atoms with Crippen molar-refractivity contribution < 1.29 is 9.53 Å². The van der Waals surface area contributed by atoms with E-state index in [1.165, 1.54) is 0 Å². The lowest BCUT2D eigenvalue weighted by molar-refractivity contribution is 0.0527. The van der Waals surface area contributed by atoms with E-state index in [4.69, 9.17) is 10.1 Å². The molecule has 1 unspecified atom stereocenters. The van der Waals surface area contributed by atoms with Crippen LogP contribution in [-0.2, 0) is 4.74 Å². The third-order valence-corrected chi connectivity index (χ3v) is 1.38. The summed E-state index contributed by atoms with van der Waals surface area (Å²) in [5.41, 5.74) is 0.113. The van der Waals surface area contributed by atoms with Crippen LogP contribution in [0.15, 0.2) is 0 Å². The van der Waals surface area contributed by atoms with Crippen LogP contribution in [0.4, 0.5) is 4.79 Å². The number of alkyl carbamates (subject to hydrolysis) is 1. The largest absolute Gasteiger partial charge is 0.444 e. The minimum absolute atomic E-state index is 0.0696. The summed E-state index contributed by atoms with van der Waals surface area (Å²) in [6.45, 7) is 5.43. The van der Waals surface area contributed by atoms with Gasteiger partial charge in [0.05, 0.1) is 6.04 Å². The number of carbonyl (C=O) groups excluding carboxylic acids is 1. The number of carbonyl (C=O) groups is 1. The van der Waals surface area contributed by atoms with Crippen LogP contribution in [0.25, 0.3) is 0 Å². The van der Waals surface area contributed by atoms with Gasteiger partial charge in [-0.15, -0.1) is 0 Å².